The average molecular weight is 358 g/mol. The molecule has 0 saturated carbocycles. The molecule has 6 heteroatoms. The summed E-state index contributed by atoms with van der Waals surface area (Å²) >= 11 is 0. The second-order valence-electron chi connectivity index (χ2n) is 7.63. The number of benzene rings is 1. The van der Waals surface area contributed by atoms with Crippen LogP contribution in [-0.4, -0.2) is 42.0 Å². The van der Waals surface area contributed by atoms with Crippen molar-refractivity contribution in [1.82, 2.24) is 4.90 Å². The van der Waals surface area contributed by atoms with Gasteiger partial charge in [-0.1, -0.05) is 18.2 Å². The van der Waals surface area contributed by atoms with Crippen LogP contribution in [0.25, 0.3) is 0 Å². The lowest BCUT2D eigenvalue weighted by atomic mass is 9.89. The largest absolute Gasteiger partial charge is 0.372 e. The van der Waals surface area contributed by atoms with Gasteiger partial charge in [0.25, 0.3) is 0 Å². The lowest BCUT2D eigenvalue weighted by Crippen LogP contribution is -2.42. The molecule has 6 nitrogen and oxygen atoms in total. The molecule has 2 N–H and O–H groups in total. The molecule has 2 amide bonds. The number of nitrogens with zero attached hydrogens (tertiary/aromatic N) is 1. The summed E-state index contributed by atoms with van der Waals surface area (Å²) in [6, 6.07) is 6.21. The number of carbonyl (C=O) groups is 2. The fourth-order valence-electron chi connectivity index (χ4n) is 4.36. The number of amides is 2. The minimum Gasteiger partial charge on any atom is -0.372 e. The Balaban J connectivity index is 1.28. The Morgan fingerprint density at radius 1 is 1.08 bits per heavy atom. The summed E-state index contributed by atoms with van der Waals surface area (Å²) in [7, 11) is 0. The first-order chi connectivity index (χ1) is 12.6. The predicted molar refractivity (Wildman–Crippen MR) is 95.0 cm³/mol. The summed E-state index contributed by atoms with van der Waals surface area (Å²) in [5.41, 5.74) is 8.83. The van der Waals surface area contributed by atoms with Gasteiger partial charge in [0.2, 0.25) is 11.8 Å². The van der Waals surface area contributed by atoms with Gasteiger partial charge in [0, 0.05) is 13.1 Å². The maximum Gasteiger partial charge on any atom is 0.246 e. The molecular formula is C20H26N2O4. The van der Waals surface area contributed by atoms with Crippen molar-refractivity contribution in [2.75, 3.05) is 13.1 Å². The van der Waals surface area contributed by atoms with Gasteiger partial charge in [-0.25, -0.2) is 0 Å². The fourth-order valence-corrected chi connectivity index (χ4v) is 4.36. The Kier molecular flexibility index (Phi) is 4.96. The number of ether oxygens (including phenoxy) is 2. The van der Waals surface area contributed by atoms with E-state index in [0.29, 0.717) is 25.6 Å². The molecule has 0 bridgehead atoms. The minimum atomic E-state index is -0.427. The average Bonchev–Trinajstić information content (AvgIpc) is 3.31. The fraction of sp³-hybridized carbons (Fsp3) is 0.600. The summed E-state index contributed by atoms with van der Waals surface area (Å²) in [5, 5.41) is 0. The lowest BCUT2D eigenvalue weighted by Gasteiger charge is -2.34. The molecule has 0 unspecified atom stereocenters. The van der Waals surface area contributed by atoms with E-state index in [1.807, 2.05) is 11.0 Å². The van der Waals surface area contributed by atoms with E-state index in [1.165, 1.54) is 11.1 Å². The zero-order chi connectivity index (χ0) is 18.1. The Hall–Kier alpha value is -1.92. The molecule has 2 saturated heterocycles. The van der Waals surface area contributed by atoms with Gasteiger partial charge in [0.1, 0.15) is 6.10 Å². The van der Waals surface area contributed by atoms with E-state index in [0.717, 1.165) is 44.3 Å². The van der Waals surface area contributed by atoms with Crippen molar-refractivity contribution in [2.45, 2.75) is 57.5 Å². The number of primary amides is 1. The third kappa shape index (κ3) is 3.62. The van der Waals surface area contributed by atoms with Crippen molar-refractivity contribution >= 4 is 11.8 Å². The summed E-state index contributed by atoms with van der Waals surface area (Å²) in [4.78, 5) is 25.9. The van der Waals surface area contributed by atoms with E-state index in [4.69, 9.17) is 15.2 Å². The summed E-state index contributed by atoms with van der Waals surface area (Å²) in [6.45, 7) is 2.85. The van der Waals surface area contributed by atoms with E-state index >= 15 is 0 Å². The number of carbonyl (C=O) groups excluding carboxylic acids is 2. The molecule has 3 aliphatic heterocycles. The second kappa shape index (κ2) is 7.37. The van der Waals surface area contributed by atoms with E-state index in [2.05, 4.69) is 12.1 Å². The highest BCUT2D eigenvalue weighted by atomic mass is 16.5. The Morgan fingerprint density at radius 2 is 1.85 bits per heavy atom. The van der Waals surface area contributed by atoms with Crippen molar-refractivity contribution in [3.8, 4) is 0 Å². The monoisotopic (exact) mass is 358 g/mol. The zero-order valence-electron chi connectivity index (χ0n) is 15.0. The number of rotatable bonds is 4. The molecule has 3 heterocycles. The Bertz CT molecular complexity index is 697. The molecule has 140 valence electrons. The van der Waals surface area contributed by atoms with Gasteiger partial charge < -0.3 is 20.1 Å². The number of nitrogens with two attached hydrogens (primary N) is 1. The molecule has 2 fully saturated rings. The topological polar surface area (TPSA) is 81.9 Å². The maximum atomic E-state index is 12.6. The molecular weight excluding hydrogens is 332 g/mol. The van der Waals surface area contributed by atoms with E-state index in [9.17, 15) is 9.59 Å². The molecule has 2 atom stereocenters. The summed E-state index contributed by atoms with van der Waals surface area (Å²) in [5.74, 6) is 0.241. The van der Waals surface area contributed by atoms with Gasteiger partial charge in [-0.15, -0.1) is 0 Å². The van der Waals surface area contributed by atoms with Crippen LogP contribution in [0, 0.1) is 5.92 Å². The minimum absolute atomic E-state index is 0.112. The van der Waals surface area contributed by atoms with Gasteiger partial charge >= 0.3 is 0 Å². The molecule has 0 spiro atoms. The first-order valence-electron chi connectivity index (χ1n) is 9.51. The van der Waals surface area contributed by atoms with Gasteiger partial charge in [-0.05, 0) is 48.3 Å². The van der Waals surface area contributed by atoms with Gasteiger partial charge in [-0.2, -0.15) is 0 Å². The van der Waals surface area contributed by atoms with Crippen LogP contribution in [0.2, 0.25) is 0 Å². The van der Waals surface area contributed by atoms with E-state index < -0.39 is 6.10 Å². The van der Waals surface area contributed by atoms with Crippen molar-refractivity contribution < 1.29 is 19.1 Å². The van der Waals surface area contributed by atoms with Crippen LogP contribution in [0.15, 0.2) is 18.2 Å². The molecule has 4 rings (SSSR count). The highest BCUT2D eigenvalue weighted by molar-refractivity contribution is 5.79. The van der Waals surface area contributed by atoms with Crippen LogP contribution < -0.4 is 5.73 Å². The van der Waals surface area contributed by atoms with E-state index in [-0.39, 0.29) is 17.9 Å². The normalized spacial score (nSPS) is 26.1. The summed E-state index contributed by atoms with van der Waals surface area (Å²) in [6.07, 6.45) is 3.61. The SMILES string of the molecule is NC(=O)[C@H]1CC[C@@H](C2CCN(C(=O)Cc3ccc4c(c3)COC4)CC2)O1. The van der Waals surface area contributed by atoms with Gasteiger partial charge in [-0.3, -0.25) is 9.59 Å². The van der Waals surface area contributed by atoms with E-state index in [1.54, 1.807) is 0 Å². The molecule has 1 aromatic rings. The van der Waals surface area contributed by atoms with Crippen molar-refractivity contribution in [3.05, 3.63) is 34.9 Å². The van der Waals surface area contributed by atoms with Crippen molar-refractivity contribution in [1.29, 1.82) is 0 Å². The molecule has 26 heavy (non-hydrogen) atoms. The molecule has 0 aliphatic carbocycles. The first-order valence-corrected chi connectivity index (χ1v) is 9.51. The second-order valence-corrected chi connectivity index (χ2v) is 7.63. The first kappa shape index (κ1) is 17.5. The van der Waals surface area contributed by atoms with Crippen LogP contribution in [-0.2, 0) is 38.7 Å². The quantitative estimate of drug-likeness (QED) is 0.885. The Labute approximate surface area is 153 Å². The van der Waals surface area contributed by atoms with Crippen LogP contribution in [0.1, 0.15) is 42.4 Å². The van der Waals surface area contributed by atoms with Crippen LogP contribution in [0.3, 0.4) is 0 Å². The van der Waals surface area contributed by atoms with Crippen LogP contribution >= 0.6 is 0 Å². The number of hydrogen-bond donors (Lipinski definition) is 1. The third-order valence-electron chi connectivity index (χ3n) is 5.93. The smallest absolute Gasteiger partial charge is 0.246 e. The maximum absolute atomic E-state index is 12.6. The number of piperidine rings is 1. The number of hydrogen-bond acceptors (Lipinski definition) is 4. The zero-order valence-corrected chi connectivity index (χ0v) is 15.0. The molecule has 3 aliphatic rings. The molecule has 1 aromatic carbocycles. The van der Waals surface area contributed by atoms with Crippen molar-refractivity contribution in [3.63, 3.8) is 0 Å². The van der Waals surface area contributed by atoms with Gasteiger partial charge in [0.05, 0.1) is 25.7 Å². The highest BCUT2D eigenvalue weighted by Crippen LogP contribution is 2.32. The van der Waals surface area contributed by atoms with Crippen molar-refractivity contribution in [2.24, 2.45) is 11.7 Å². The van der Waals surface area contributed by atoms with Gasteiger partial charge in [0.15, 0.2) is 0 Å². The molecule has 0 aromatic heterocycles. The number of fused-ring (bicyclic) bond motifs is 1. The lowest BCUT2D eigenvalue weighted by molar-refractivity contribution is -0.133. The Morgan fingerprint density at radius 3 is 2.58 bits per heavy atom. The predicted octanol–water partition coefficient (Wildman–Crippen LogP) is 1.53. The molecule has 0 radical (unpaired) electrons. The standard InChI is InChI=1S/C20H26N2O4/c21-20(24)18-4-3-17(26-18)14-5-7-22(8-6-14)19(23)10-13-1-2-15-11-25-12-16(15)9-13/h1-2,9,14,17-18H,3-8,10-12H2,(H2,21,24)/t17-,18+/m0/s1. The third-order valence-corrected chi connectivity index (χ3v) is 5.93. The van der Waals surface area contributed by atoms with Crippen LogP contribution in [0.5, 0.6) is 0 Å². The summed E-state index contributed by atoms with van der Waals surface area (Å²) < 4.78 is 11.2. The highest BCUT2D eigenvalue weighted by Gasteiger charge is 2.36. The van der Waals surface area contributed by atoms with Crippen LogP contribution in [0.4, 0.5) is 0 Å². The number of likely N-dealkylation sites (tertiary alicyclic amines) is 1.